The number of hydrogen-bond acceptors (Lipinski definition) is 4. The molecule has 17 heavy (non-hydrogen) atoms. The van der Waals surface area contributed by atoms with Crippen LogP contribution in [0.25, 0.3) is 0 Å². The molecule has 2 unspecified atom stereocenters. The van der Waals surface area contributed by atoms with Gasteiger partial charge in [0.15, 0.2) is 0 Å². The topological polar surface area (TPSA) is 24.7 Å². The average molecular weight is 262 g/mol. The lowest BCUT2D eigenvalue weighted by Crippen LogP contribution is -2.02. The van der Waals surface area contributed by atoms with Crippen LogP contribution in [0.2, 0.25) is 0 Å². The van der Waals surface area contributed by atoms with E-state index in [1.807, 2.05) is 26.0 Å². The Labute approximate surface area is 112 Å². The number of thiocarbonyl (C=S) groups is 2. The van der Waals surface area contributed by atoms with Gasteiger partial charge < -0.3 is 0 Å². The van der Waals surface area contributed by atoms with Gasteiger partial charge in [0.1, 0.15) is 0 Å². The normalized spacial score (nSPS) is 13.1. The Morgan fingerprint density at radius 3 is 2.24 bits per heavy atom. The van der Waals surface area contributed by atoms with Gasteiger partial charge in [0.25, 0.3) is 0 Å². The van der Waals surface area contributed by atoms with Gasteiger partial charge in [-0.05, 0) is 61.9 Å². The molecular weight excluding hydrogens is 248 g/mol. The van der Waals surface area contributed by atoms with E-state index in [1.54, 1.807) is 0 Å². The van der Waals surface area contributed by atoms with Crippen LogP contribution in [0, 0.1) is 6.92 Å². The van der Waals surface area contributed by atoms with E-state index in [-0.39, 0.29) is 12.1 Å². The third-order valence-corrected chi connectivity index (χ3v) is 2.93. The minimum absolute atomic E-state index is 0.00790. The summed E-state index contributed by atoms with van der Waals surface area (Å²) in [4.78, 5) is 8.25. The highest BCUT2D eigenvalue weighted by atomic mass is 32.1. The van der Waals surface area contributed by atoms with Crippen LogP contribution < -0.4 is 0 Å². The van der Waals surface area contributed by atoms with Gasteiger partial charge in [0, 0.05) is 0 Å². The van der Waals surface area contributed by atoms with E-state index >= 15 is 0 Å². The zero-order chi connectivity index (χ0) is 12.8. The molecule has 0 bridgehead atoms. The molecule has 0 aliphatic rings. The van der Waals surface area contributed by atoms with Gasteiger partial charge in [-0.25, -0.2) is 9.98 Å². The van der Waals surface area contributed by atoms with E-state index in [0.29, 0.717) is 0 Å². The first kappa shape index (κ1) is 13.9. The van der Waals surface area contributed by atoms with E-state index in [4.69, 9.17) is 0 Å². The molecule has 0 fully saturated rings. The predicted molar refractivity (Wildman–Crippen MR) is 78.1 cm³/mol. The number of benzene rings is 1. The predicted octanol–water partition coefficient (Wildman–Crippen LogP) is 4.32. The van der Waals surface area contributed by atoms with E-state index in [2.05, 4.69) is 57.7 Å². The summed E-state index contributed by atoms with van der Waals surface area (Å²) in [6, 6.07) is 6.09. The van der Waals surface area contributed by atoms with Gasteiger partial charge in [-0.1, -0.05) is 18.2 Å². The maximum atomic E-state index is 4.66. The largest absolute Gasteiger partial charge is 0.225 e. The molecule has 0 radical (unpaired) electrons. The van der Waals surface area contributed by atoms with Gasteiger partial charge in [0.05, 0.1) is 22.4 Å². The van der Waals surface area contributed by atoms with Crippen LogP contribution in [-0.2, 0) is 0 Å². The summed E-state index contributed by atoms with van der Waals surface area (Å²) in [7, 11) is 0. The molecule has 0 aliphatic heterocycles. The second-order valence-electron chi connectivity index (χ2n) is 3.87. The molecule has 1 aromatic rings. The van der Waals surface area contributed by atoms with Crippen molar-refractivity contribution in [3.63, 3.8) is 0 Å². The first-order valence-corrected chi connectivity index (χ1v) is 6.16. The molecule has 4 heteroatoms. The Bertz CT molecular complexity index is 498. The third-order valence-electron chi connectivity index (χ3n) is 2.72. The second kappa shape index (κ2) is 6.53. The van der Waals surface area contributed by atoms with Crippen LogP contribution in [0.3, 0.4) is 0 Å². The highest BCUT2D eigenvalue weighted by Crippen LogP contribution is 2.30. The van der Waals surface area contributed by atoms with Gasteiger partial charge in [0.2, 0.25) is 0 Å². The molecule has 1 rings (SSSR count). The van der Waals surface area contributed by atoms with Crippen molar-refractivity contribution in [3.8, 4) is 0 Å². The number of rotatable bonds is 4. The molecule has 1 aromatic carbocycles. The highest BCUT2D eigenvalue weighted by Gasteiger charge is 2.15. The first-order chi connectivity index (χ1) is 8.11. The molecule has 0 saturated carbocycles. The van der Waals surface area contributed by atoms with Gasteiger partial charge in [-0.2, -0.15) is 0 Å². The summed E-state index contributed by atoms with van der Waals surface area (Å²) in [6.45, 7) is 6.05. The van der Waals surface area contributed by atoms with Crippen molar-refractivity contribution in [1.82, 2.24) is 0 Å². The molecule has 0 saturated heterocycles. The SMILES string of the molecule is Cc1cccc(C(C)N=C=S)c1C(C)N=C=S. The second-order valence-corrected chi connectivity index (χ2v) is 4.24. The molecule has 0 amide bonds. The van der Waals surface area contributed by atoms with Crippen LogP contribution in [-0.4, -0.2) is 10.3 Å². The highest BCUT2D eigenvalue weighted by molar-refractivity contribution is 7.78. The van der Waals surface area contributed by atoms with Gasteiger partial charge in [-0.3, -0.25) is 0 Å². The minimum Gasteiger partial charge on any atom is -0.225 e. The summed E-state index contributed by atoms with van der Waals surface area (Å²) >= 11 is 9.31. The van der Waals surface area contributed by atoms with Crippen molar-refractivity contribution in [2.45, 2.75) is 32.9 Å². The molecule has 0 heterocycles. The fourth-order valence-electron chi connectivity index (χ4n) is 1.93. The summed E-state index contributed by atoms with van der Waals surface area (Å²) in [5, 5.41) is 4.86. The van der Waals surface area contributed by atoms with Crippen LogP contribution in [0.4, 0.5) is 0 Å². The first-order valence-electron chi connectivity index (χ1n) is 5.35. The van der Waals surface area contributed by atoms with E-state index < -0.39 is 0 Å². The fourth-order valence-corrected chi connectivity index (χ4v) is 2.25. The Hall–Kier alpha value is -1.18. The van der Waals surface area contributed by atoms with Crippen molar-refractivity contribution < 1.29 is 0 Å². The van der Waals surface area contributed by atoms with Crippen molar-refractivity contribution in [2.75, 3.05) is 0 Å². The zero-order valence-electron chi connectivity index (χ0n) is 10.1. The fraction of sp³-hybridized carbons (Fsp3) is 0.385. The van der Waals surface area contributed by atoms with E-state index in [0.717, 1.165) is 11.1 Å². The maximum Gasteiger partial charge on any atom is 0.0830 e. The molecular formula is C13H14N2S2. The maximum absolute atomic E-state index is 4.66. The van der Waals surface area contributed by atoms with Crippen LogP contribution in [0.15, 0.2) is 28.2 Å². The molecule has 2 nitrogen and oxygen atoms in total. The Morgan fingerprint density at radius 1 is 1.06 bits per heavy atom. The Morgan fingerprint density at radius 2 is 1.65 bits per heavy atom. The summed E-state index contributed by atoms with van der Waals surface area (Å²) in [5.41, 5.74) is 3.44. The van der Waals surface area contributed by atoms with Gasteiger partial charge in [-0.15, -0.1) is 0 Å². The molecule has 0 spiro atoms. The number of nitrogens with zero attached hydrogens (tertiary/aromatic N) is 2. The summed E-state index contributed by atoms with van der Waals surface area (Å²) < 4.78 is 0. The van der Waals surface area contributed by atoms with Crippen LogP contribution in [0.5, 0.6) is 0 Å². The lowest BCUT2D eigenvalue weighted by atomic mass is 9.93. The van der Waals surface area contributed by atoms with Crippen LogP contribution >= 0.6 is 24.4 Å². The Balaban J connectivity index is 3.35. The summed E-state index contributed by atoms with van der Waals surface area (Å²) in [6.07, 6.45) is 0. The lowest BCUT2D eigenvalue weighted by Gasteiger charge is -2.17. The van der Waals surface area contributed by atoms with Crippen molar-refractivity contribution in [2.24, 2.45) is 9.98 Å². The molecule has 0 aliphatic carbocycles. The van der Waals surface area contributed by atoms with E-state index in [9.17, 15) is 0 Å². The van der Waals surface area contributed by atoms with Crippen molar-refractivity contribution in [3.05, 3.63) is 34.9 Å². The summed E-state index contributed by atoms with van der Waals surface area (Å²) in [5.74, 6) is 0. The molecule has 88 valence electrons. The minimum atomic E-state index is -0.00910. The number of aliphatic imine (C=N–C) groups is 2. The quantitative estimate of drug-likeness (QED) is 0.596. The van der Waals surface area contributed by atoms with Gasteiger partial charge >= 0.3 is 0 Å². The van der Waals surface area contributed by atoms with Crippen LogP contribution in [0.1, 0.15) is 42.6 Å². The Kier molecular flexibility index (Phi) is 5.33. The number of hydrogen-bond donors (Lipinski definition) is 0. The third kappa shape index (κ3) is 3.39. The number of isothiocyanates is 2. The number of aryl methyl sites for hydroxylation is 1. The van der Waals surface area contributed by atoms with Crippen molar-refractivity contribution >= 4 is 34.8 Å². The molecule has 2 atom stereocenters. The standard InChI is InChI=1S/C13H14N2S2/c1-9-5-4-6-12(10(2)14-7-16)13(9)11(3)15-8-17/h4-6,10-11H,1-3H3. The van der Waals surface area contributed by atoms with Crippen molar-refractivity contribution in [1.29, 1.82) is 0 Å². The van der Waals surface area contributed by atoms with E-state index in [1.165, 1.54) is 5.56 Å². The monoisotopic (exact) mass is 262 g/mol. The molecule has 0 aromatic heterocycles. The average Bonchev–Trinajstić information content (AvgIpc) is 2.29. The smallest absolute Gasteiger partial charge is 0.0830 e. The lowest BCUT2D eigenvalue weighted by molar-refractivity contribution is 0.750. The zero-order valence-corrected chi connectivity index (χ0v) is 11.7. The molecule has 0 N–H and O–H groups in total.